The van der Waals surface area contributed by atoms with Crippen molar-refractivity contribution in [1.82, 2.24) is 15.0 Å². The highest BCUT2D eigenvalue weighted by atomic mass is 35.5. The number of hydrogen-bond acceptors (Lipinski definition) is 4. The molecule has 5 nitrogen and oxygen atoms in total. The van der Waals surface area contributed by atoms with Crippen LogP contribution in [-0.2, 0) is 6.54 Å². The first-order valence-corrected chi connectivity index (χ1v) is 5.65. The molecule has 0 fully saturated rings. The molecular weight excluding hydrogens is 250 g/mol. The molecule has 0 aromatic carbocycles. The zero-order chi connectivity index (χ0) is 11.7. The molecule has 84 valence electrons. The number of carbonyl (C=O) groups is 1. The normalized spacial score (nSPS) is 10.6. The minimum Gasteiger partial charge on any atom is -0.476 e. The number of aromatic carboxylic acids is 1. The van der Waals surface area contributed by atoms with Crippen LogP contribution in [0, 0.1) is 6.92 Å². The number of nitrogens with zero attached hydrogens (tertiary/aromatic N) is 3. The van der Waals surface area contributed by atoms with Crippen LogP contribution in [0.2, 0.25) is 4.34 Å². The van der Waals surface area contributed by atoms with Crippen LogP contribution in [-0.4, -0.2) is 26.1 Å². The second kappa shape index (κ2) is 4.23. The topological polar surface area (TPSA) is 68.0 Å². The Hall–Kier alpha value is -1.40. The van der Waals surface area contributed by atoms with Crippen LogP contribution in [0.25, 0.3) is 0 Å². The summed E-state index contributed by atoms with van der Waals surface area (Å²) in [4.78, 5) is 11.8. The highest BCUT2D eigenvalue weighted by molar-refractivity contribution is 7.16. The van der Waals surface area contributed by atoms with Gasteiger partial charge in [-0.2, -0.15) is 0 Å². The van der Waals surface area contributed by atoms with Gasteiger partial charge in [-0.3, -0.25) is 0 Å². The molecule has 0 amide bonds. The van der Waals surface area contributed by atoms with Crippen LogP contribution in [0.3, 0.4) is 0 Å². The van der Waals surface area contributed by atoms with Crippen LogP contribution >= 0.6 is 22.9 Å². The van der Waals surface area contributed by atoms with Gasteiger partial charge in [-0.15, -0.1) is 16.4 Å². The lowest BCUT2D eigenvalue weighted by molar-refractivity contribution is 0.0689. The maximum atomic E-state index is 10.8. The predicted molar refractivity (Wildman–Crippen MR) is 60.1 cm³/mol. The molecule has 7 heteroatoms. The maximum absolute atomic E-state index is 10.8. The molecule has 0 radical (unpaired) electrons. The summed E-state index contributed by atoms with van der Waals surface area (Å²) in [7, 11) is 0. The lowest BCUT2D eigenvalue weighted by Gasteiger charge is -1.99. The first kappa shape index (κ1) is 11.1. The molecule has 0 atom stereocenters. The lowest BCUT2D eigenvalue weighted by atomic mass is 10.3. The highest BCUT2D eigenvalue weighted by Gasteiger charge is 2.15. The average molecular weight is 258 g/mol. The number of rotatable bonds is 3. The van der Waals surface area contributed by atoms with E-state index in [0.717, 1.165) is 4.88 Å². The van der Waals surface area contributed by atoms with Gasteiger partial charge in [-0.05, 0) is 19.1 Å². The number of hydrogen-bond donors (Lipinski definition) is 1. The second-order valence-electron chi connectivity index (χ2n) is 3.19. The number of carboxylic acid groups (broad SMARTS) is 1. The molecule has 0 aliphatic carbocycles. The van der Waals surface area contributed by atoms with Crippen molar-refractivity contribution in [3.63, 3.8) is 0 Å². The summed E-state index contributed by atoms with van der Waals surface area (Å²) in [6, 6.07) is 3.68. The summed E-state index contributed by atoms with van der Waals surface area (Å²) < 4.78 is 2.25. The van der Waals surface area contributed by atoms with Crippen LogP contribution < -0.4 is 0 Å². The van der Waals surface area contributed by atoms with Crippen LogP contribution in [0.15, 0.2) is 12.1 Å². The van der Waals surface area contributed by atoms with E-state index in [4.69, 9.17) is 16.7 Å². The van der Waals surface area contributed by atoms with Gasteiger partial charge in [0, 0.05) is 4.88 Å². The van der Waals surface area contributed by atoms with E-state index in [1.165, 1.54) is 11.3 Å². The van der Waals surface area contributed by atoms with Gasteiger partial charge < -0.3 is 5.11 Å². The summed E-state index contributed by atoms with van der Waals surface area (Å²) in [6.45, 7) is 2.17. The molecule has 2 aromatic heterocycles. The Bertz CT molecular complexity index is 535. The number of halogens is 1. The molecule has 16 heavy (non-hydrogen) atoms. The van der Waals surface area contributed by atoms with Crippen molar-refractivity contribution in [3.05, 3.63) is 32.7 Å². The van der Waals surface area contributed by atoms with Crippen molar-refractivity contribution in [2.45, 2.75) is 13.5 Å². The van der Waals surface area contributed by atoms with Gasteiger partial charge in [-0.25, -0.2) is 9.48 Å². The summed E-state index contributed by atoms with van der Waals surface area (Å²) >= 11 is 7.24. The van der Waals surface area contributed by atoms with Gasteiger partial charge in [0.05, 0.1) is 16.6 Å². The van der Waals surface area contributed by atoms with Crippen molar-refractivity contribution in [3.8, 4) is 0 Å². The van der Waals surface area contributed by atoms with Crippen molar-refractivity contribution < 1.29 is 9.90 Å². The van der Waals surface area contributed by atoms with Gasteiger partial charge in [-0.1, -0.05) is 16.8 Å². The Labute approximate surface area is 100 Å². The molecular formula is C9H8ClN3O2S. The second-order valence-corrected chi connectivity index (χ2v) is 4.99. The van der Waals surface area contributed by atoms with E-state index in [0.29, 0.717) is 16.6 Å². The minimum atomic E-state index is -1.06. The molecule has 0 saturated carbocycles. The molecule has 2 aromatic rings. The van der Waals surface area contributed by atoms with E-state index in [-0.39, 0.29) is 5.69 Å². The Morgan fingerprint density at radius 3 is 2.88 bits per heavy atom. The predicted octanol–water partition coefficient (Wildman–Crippen LogP) is 2.05. The van der Waals surface area contributed by atoms with E-state index in [2.05, 4.69) is 10.3 Å². The maximum Gasteiger partial charge on any atom is 0.358 e. The van der Waals surface area contributed by atoms with Gasteiger partial charge >= 0.3 is 5.97 Å². The molecule has 1 N–H and O–H groups in total. The molecule has 0 spiro atoms. The lowest BCUT2D eigenvalue weighted by Crippen LogP contribution is -2.04. The van der Waals surface area contributed by atoms with E-state index in [1.807, 2.05) is 6.07 Å². The van der Waals surface area contributed by atoms with Crippen molar-refractivity contribution in [1.29, 1.82) is 0 Å². The third-order valence-electron chi connectivity index (χ3n) is 2.12. The molecule has 0 aliphatic heterocycles. The third-order valence-corrected chi connectivity index (χ3v) is 3.34. The zero-order valence-electron chi connectivity index (χ0n) is 8.35. The summed E-state index contributed by atoms with van der Waals surface area (Å²) in [5, 5.41) is 16.2. The van der Waals surface area contributed by atoms with Crippen molar-refractivity contribution >= 4 is 28.9 Å². The average Bonchev–Trinajstić information content (AvgIpc) is 2.76. The first-order valence-electron chi connectivity index (χ1n) is 4.45. The Morgan fingerprint density at radius 2 is 2.38 bits per heavy atom. The largest absolute Gasteiger partial charge is 0.476 e. The molecule has 2 rings (SSSR count). The third kappa shape index (κ3) is 2.07. The van der Waals surface area contributed by atoms with E-state index in [1.54, 1.807) is 17.7 Å². The van der Waals surface area contributed by atoms with Gasteiger partial charge in [0.15, 0.2) is 5.69 Å². The fourth-order valence-corrected chi connectivity index (χ4v) is 2.36. The van der Waals surface area contributed by atoms with Crippen molar-refractivity contribution in [2.75, 3.05) is 0 Å². The monoisotopic (exact) mass is 257 g/mol. The molecule has 0 saturated heterocycles. The Morgan fingerprint density at radius 1 is 1.62 bits per heavy atom. The van der Waals surface area contributed by atoms with Crippen molar-refractivity contribution in [2.24, 2.45) is 0 Å². The van der Waals surface area contributed by atoms with E-state index in [9.17, 15) is 4.79 Å². The molecule has 2 heterocycles. The quantitative estimate of drug-likeness (QED) is 0.914. The zero-order valence-corrected chi connectivity index (χ0v) is 9.92. The molecule has 0 unspecified atom stereocenters. The van der Waals surface area contributed by atoms with Gasteiger partial charge in [0.2, 0.25) is 0 Å². The summed E-state index contributed by atoms with van der Waals surface area (Å²) in [5.41, 5.74) is 0.527. The van der Waals surface area contributed by atoms with E-state index < -0.39 is 5.97 Å². The minimum absolute atomic E-state index is 0.0114. The fourth-order valence-electron chi connectivity index (χ4n) is 1.29. The number of thiophene rings is 1. The SMILES string of the molecule is Cc1c(C(=O)O)nnn1Cc1ccc(Cl)s1. The fraction of sp³-hybridized carbons (Fsp3) is 0.222. The smallest absolute Gasteiger partial charge is 0.358 e. The highest BCUT2D eigenvalue weighted by Crippen LogP contribution is 2.22. The van der Waals surface area contributed by atoms with E-state index >= 15 is 0 Å². The summed E-state index contributed by atoms with van der Waals surface area (Å²) in [6.07, 6.45) is 0. The number of aromatic nitrogens is 3. The van der Waals surface area contributed by atoms with Gasteiger partial charge in [0.1, 0.15) is 0 Å². The van der Waals surface area contributed by atoms with Crippen LogP contribution in [0.4, 0.5) is 0 Å². The first-order chi connectivity index (χ1) is 7.58. The molecule has 0 aliphatic rings. The Balaban J connectivity index is 2.25. The Kier molecular flexibility index (Phi) is 2.93. The van der Waals surface area contributed by atoms with Crippen LogP contribution in [0.5, 0.6) is 0 Å². The molecule has 0 bridgehead atoms. The number of carboxylic acids is 1. The summed E-state index contributed by atoms with van der Waals surface area (Å²) in [5.74, 6) is -1.06. The van der Waals surface area contributed by atoms with Gasteiger partial charge in [0.25, 0.3) is 0 Å². The standard InChI is InChI=1S/C9H8ClN3O2S/c1-5-8(9(14)15)11-12-13(5)4-6-2-3-7(10)16-6/h2-3H,4H2,1H3,(H,14,15). The van der Waals surface area contributed by atoms with Crippen LogP contribution in [0.1, 0.15) is 21.1 Å².